The van der Waals surface area contributed by atoms with Gasteiger partial charge in [-0.1, -0.05) is 13.8 Å². The predicted octanol–water partition coefficient (Wildman–Crippen LogP) is 2.00. The van der Waals surface area contributed by atoms with Gasteiger partial charge in [0.15, 0.2) is 11.6 Å². The normalized spacial score (nSPS) is 10.8. The SMILES string of the molecule is CC(C)COc1ccc(-c2nc(N)n[nH]2)cc1[N+](=O)[O-]. The Hall–Kier alpha value is -2.64. The molecule has 0 saturated carbocycles. The molecule has 0 aliphatic carbocycles. The molecule has 0 radical (unpaired) electrons. The number of hydrogen-bond acceptors (Lipinski definition) is 6. The van der Waals surface area contributed by atoms with E-state index in [1.807, 2.05) is 13.8 Å². The van der Waals surface area contributed by atoms with Crippen molar-refractivity contribution in [3.05, 3.63) is 28.3 Å². The van der Waals surface area contributed by atoms with Gasteiger partial charge in [-0.3, -0.25) is 15.2 Å². The topological polar surface area (TPSA) is 120 Å². The molecule has 8 nitrogen and oxygen atoms in total. The molecule has 0 unspecified atom stereocenters. The van der Waals surface area contributed by atoms with Crippen molar-refractivity contribution in [1.29, 1.82) is 0 Å². The molecule has 0 fully saturated rings. The van der Waals surface area contributed by atoms with Gasteiger partial charge in [-0.15, -0.1) is 5.10 Å². The lowest BCUT2D eigenvalue weighted by atomic mass is 10.1. The van der Waals surface area contributed by atoms with Crippen molar-refractivity contribution in [3.8, 4) is 17.1 Å². The molecule has 0 amide bonds. The summed E-state index contributed by atoms with van der Waals surface area (Å²) >= 11 is 0. The average Bonchev–Trinajstić information content (AvgIpc) is 2.82. The lowest BCUT2D eigenvalue weighted by molar-refractivity contribution is -0.385. The van der Waals surface area contributed by atoms with Crippen LogP contribution in [0.4, 0.5) is 11.6 Å². The molecule has 3 N–H and O–H groups in total. The number of hydrogen-bond donors (Lipinski definition) is 2. The van der Waals surface area contributed by atoms with Gasteiger partial charge in [-0.25, -0.2) is 0 Å². The van der Waals surface area contributed by atoms with E-state index >= 15 is 0 Å². The molecule has 20 heavy (non-hydrogen) atoms. The fraction of sp³-hybridized carbons (Fsp3) is 0.333. The minimum absolute atomic E-state index is 0.0859. The molecule has 8 heteroatoms. The Balaban J connectivity index is 2.34. The van der Waals surface area contributed by atoms with E-state index in [0.29, 0.717) is 18.0 Å². The molecule has 1 aromatic heterocycles. The van der Waals surface area contributed by atoms with Crippen molar-refractivity contribution in [2.45, 2.75) is 13.8 Å². The highest BCUT2D eigenvalue weighted by atomic mass is 16.6. The van der Waals surface area contributed by atoms with Gasteiger partial charge in [0.2, 0.25) is 5.95 Å². The molecule has 0 spiro atoms. The number of nitro groups is 1. The number of aromatic nitrogens is 3. The first-order valence-corrected chi connectivity index (χ1v) is 6.07. The summed E-state index contributed by atoms with van der Waals surface area (Å²) in [5.74, 6) is 0.979. The zero-order valence-corrected chi connectivity index (χ0v) is 11.2. The van der Waals surface area contributed by atoms with Crippen molar-refractivity contribution in [2.24, 2.45) is 5.92 Å². The number of anilines is 1. The number of benzene rings is 1. The second-order valence-corrected chi connectivity index (χ2v) is 4.69. The molecule has 106 valence electrons. The number of H-pyrrole nitrogens is 1. The first-order chi connectivity index (χ1) is 9.47. The van der Waals surface area contributed by atoms with Crippen LogP contribution in [0.25, 0.3) is 11.4 Å². The minimum Gasteiger partial charge on any atom is -0.487 e. The Kier molecular flexibility index (Phi) is 3.83. The van der Waals surface area contributed by atoms with Crippen molar-refractivity contribution < 1.29 is 9.66 Å². The van der Waals surface area contributed by atoms with E-state index in [0.717, 1.165) is 0 Å². The fourth-order valence-electron chi connectivity index (χ4n) is 1.59. The van der Waals surface area contributed by atoms with Crippen LogP contribution in [-0.4, -0.2) is 26.7 Å². The summed E-state index contributed by atoms with van der Waals surface area (Å²) in [6.45, 7) is 4.35. The predicted molar refractivity (Wildman–Crippen MR) is 73.2 cm³/mol. The van der Waals surface area contributed by atoms with Crippen LogP contribution in [0.5, 0.6) is 5.75 Å². The van der Waals surface area contributed by atoms with E-state index < -0.39 is 4.92 Å². The summed E-state index contributed by atoms with van der Waals surface area (Å²) in [7, 11) is 0. The van der Waals surface area contributed by atoms with Crippen molar-refractivity contribution in [3.63, 3.8) is 0 Å². The van der Waals surface area contributed by atoms with E-state index in [1.165, 1.54) is 6.07 Å². The summed E-state index contributed by atoms with van der Waals surface area (Å²) in [5, 5.41) is 17.4. The molecule has 2 rings (SSSR count). The number of ether oxygens (including phenoxy) is 1. The third kappa shape index (κ3) is 3.02. The highest BCUT2D eigenvalue weighted by molar-refractivity contribution is 5.64. The average molecular weight is 277 g/mol. The number of nitrogens with one attached hydrogen (secondary N) is 1. The zero-order valence-electron chi connectivity index (χ0n) is 11.2. The summed E-state index contributed by atoms with van der Waals surface area (Å²) in [4.78, 5) is 14.6. The summed E-state index contributed by atoms with van der Waals surface area (Å²) in [5.41, 5.74) is 5.83. The molecule has 0 saturated heterocycles. The van der Waals surface area contributed by atoms with Crippen LogP contribution in [0.1, 0.15) is 13.8 Å². The minimum atomic E-state index is -0.487. The summed E-state index contributed by atoms with van der Waals surface area (Å²) in [6, 6.07) is 4.60. The van der Waals surface area contributed by atoms with Crippen LogP contribution in [0, 0.1) is 16.0 Å². The number of nitro benzene ring substituents is 1. The van der Waals surface area contributed by atoms with Crippen LogP contribution in [0.2, 0.25) is 0 Å². The number of nitrogen functional groups attached to an aromatic ring is 1. The Morgan fingerprint density at radius 3 is 2.80 bits per heavy atom. The molecule has 0 aliphatic rings. The summed E-state index contributed by atoms with van der Waals surface area (Å²) < 4.78 is 5.44. The van der Waals surface area contributed by atoms with Crippen LogP contribution < -0.4 is 10.5 Å². The number of rotatable bonds is 5. The van der Waals surface area contributed by atoms with Crippen LogP contribution >= 0.6 is 0 Å². The second-order valence-electron chi connectivity index (χ2n) is 4.69. The van der Waals surface area contributed by atoms with Gasteiger partial charge in [0, 0.05) is 11.6 Å². The Morgan fingerprint density at radius 2 is 2.25 bits per heavy atom. The Bertz CT molecular complexity index is 623. The standard InChI is InChI=1S/C12H15N5O3/c1-7(2)6-20-10-4-3-8(5-9(10)17(18)19)11-14-12(13)16-15-11/h3-5,7H,6H2,1-2H3,(H3,13,14,15,16). The number of aromatic amines is 1. The van der Waals surface area contributed by atoms with E-state index in [9.17, 15) is 10.1 Å². The highest BCUT2D eigenvalue weighted by Gasteiger charge is 2.18. The van der Waals surface area contributed by atoms with E-state index in [4.69, 9.17) is 10.5 Å². The van der Waals surface area contributed by atoms with Crippen molar-refractivity contribution >= 4 is 11.6 Å². The lowest BCUT2D eigenvalue weighted by Crippen LogP contribution is -2.06. The zero-order chi connectivity index (χ0) is 14.7. The maximum Gasteiger partial charge on any atom is 0.311 e. The maximum absolute atomic E-state index is 11.1. The van der Waals surface area contributed by atoms with E-state index in [2.05, 4.69) is 15.2 Å². The molecule has 1 heterocycles. The van der Waals surface area contributed by atoms with Crippen molar-refractivity contribution in [1.82, 2.24) is 15.2 Å². The third-order valence-electron chi connectivity index (χ3n) is 2.50. The summed E-state index contributed by atoms with van der Waals surface area (Å²) in [6.07, 6.45) is 0. The van der Waals surface area contributed by atoms with Crippen LogP contribution in [0.15, 0.2) is 18.2 Å². The van der Waals surface area contributed by atoms with E-state index in [-0.39, 0.29) is 23.3 Å². The fourth-order valence-corrected chi connectivity index (χ4v) is 1.59. The van der Waals surface area contributed by atoms with Gasteiger partial charge in [0.05, 0.1) is 11.5 Å². The molecular weight excluding hydrogens is 262 g/mol. The first-order valence-electron chi connectivity index (χ1n) is 6.07. The largest absolute Gasteiger partial charge is 0.487 e. The lowest BCUT2D eigenvalue weighted by Gasteiger charge is -2.09. The van der Waals surface area contributed by atoms with Gasteiger partial charge in [-0.2, -0.15) is 4.98 Å². The van der Waals surface area contributed by atoms with Gasteiger partial charge in [-0.05, 0) is 18.1 Å². The maximum atomic E-state index is 11.1. The Labute approximate surface area is 115 Å². The molecule has 0 bridgehead atoms. The number of nitrogens with two attached hydrogens (primary N) is 1. The smallest absolute Gasteiger partial charge is 0.311 e. The van der Waals surface area contributed by atoms with Crippen LogP contribution in [0.3, 0.4) is 0 Å². The third-order valence-corrected chi connectivity index (χ3v) is 2.50. The van der Waals surface area contributed by atoms with Gasteiger partial charge in [0.25, 0.3) is 0 Å². The Morgan fingerprint density at radius 1 is 1.50 bits per heavy atom. The first kappa shape index (κ1) is 13.8. The quantitative estimate of drug-likeness (QED) is 0.637. The van der Waals surface area contributed by atoms with Gasteiger partial charge >= 0.3 is 5.69 Å². The number of nitrogens with zero attached hydrogens (tertiary/aromatic N) is 3. The second kappa shape index (κ2) is 5.55. The molecule has 1 aromatic carbocycles. The van der Waals surface area contributed by atoms with Crippen LogP contribution in [-0.2, 0) is 0 Å². The molecule has 0 atom stereocenters. The molecule has 2 aromatic rings. The van der Waals surface area contributed by atoms with E-state index in [1.54, 1.807) is 12.1 Å². The van der Waals surface area contributed by atoms with Gasteiger partial charge in [0.1, 0.15) is 0 Å². The monoisotopic (exact) mass is 277 g/mol. The van der Waals surface area contributed by atoms with Gasteiger partial charge < -0.3 is 10.5 Å². The highest BCUT2D eigenvalue weighted by Crippen LogP contribution is 2.31. The van der Waals surface area contributed by atoms with Crippen molar-refractivity contribution in [2.75, 3.05) is 12.3 Å². The molecule has 0 aliphatic heterocycles. The molecular formula is C12H15N5O3.